The fraction of sp³-hybridized carbons (Fsp3) is 0.214. The van der Waals surface area contributed by atoms with Crippen LogP contribution in [0.5, 0.6) is 0 Å². The molecule has 0 atom stereocenters. The van der Waals surface area contributed by atoms with E-state index in [1.807, 2.05) is 31.2 Å². The highest BCUT2D eigenvalue weighted by atomic mass is 79.9. The van der Waals surface area contributed by atoms with E-state index in [4.69, 9.17) is 5.73 Å². The van der Waals surface area contributed by atoms with E-state index in [0.29, 0.717) is 0 Å². The Kier molecular flexibility index (Phi) is 4.20. The second kappa shape index (κ2) is 5.87. The van der Waals surface area contributed by atoms with Crippen molar-refractivity contribution < 1.29 is 0 Å². The molecule has 1 heterocycles. The molecule has 0 amide bonds. The first kappa shape index (κ1) is 12.9. The van der Waals surface area contributed by atoms with E-state index in [-0.39, 0.29) is 0 Å². The zero-order valence-corrected chi connectivity index (χ0v) is 11.9. The molecule has 0 spiro atoms. The topological polar surface area (TPSA) is 50.9 Å². The lowest BCUT2D eigenvalue weighted by atomic mass is 10.1. The van der Waals surface area contributed by atoms with Crippen molar-refractivity contribution in [3.63, 3.8) is 0 Å². The van der Waals surface area contributed by atoms with Gasteiger partial charge in [-0.1, -0.05) is 34.1 Å². The predicted octanol–water partition coefficient (Wildman–Crippen LogP) is 3.39. The maximum Gasteiger partial charge on any atom is 0.126 e. The molecular weight excluding hydrogens is 290 g/mol. The van der Waals surface area contributed by atoms with Gasteiger partial charge in [-0.25, -0.2) is 4.98 Å². The summed E-state index contributed by atoms with van der Waals surface area (Å²) in [5, 5.41) is 3.30. The number of halogens is 1. The molecule has 1 aromatic carbocycles. The van der Waals surface area contributed by atoms with Crippen LogP contribution in [0.15, 0.2) is 40.9 Å². The molecule has 2 aromatic rings. The van der Waals surface area contributed by atoms with Crippen LogP contribution in [0.25, 0.3) is 0 Å². The van der Waals surface area contributed by atoms with Crippen molar-refractivity contribution in [1.82, 2.24) is 4.98 Å². The van der Waals surface area contributed by atoms with Crippen LogP contribution in [-0.2, 0) is 6.42 Å². The van der Waals surface area contributed by atoms with Crippen molar-refractivity contribution in [3.8, 4) is 0 Å². The van der Waals surface area contributed by atoms with Crippen LogP contribution in [0.3, 0.4) is 0 Å². The third-order valence-electron chi connectivity index (χ3n) is 2.78. The summed E-state index contributed by atoms with van der Waals surface area (Å²) in [6.07, 6.45) is 0.951. The standard InChI is InChI=1S/C14H16BrN3/c1-10-13(16)6-7-14(18-10)17-9-8-11-4-2-3-5-12(11)15/h2-7H,8-9,16H2,1H3,(H,17,18). The number of nitrogens with one attached hydrogen (secondary N) is 1. The summed E-state index contributed by atoms with van der Waals surface area (Å²) in [5.41, 5.74) is 8.61. The minimum Gasteiger partial charge on any atom is -0.397 e. The first-order chi connectivity index (χ1) is 8.66. The Morgan fingerprint density at radius 1 is 1.22 bits per heavy atom. The monoisotopic (exact) mass is 305 g/mol. The van der Waals surface area contributed by atoms with Gasteiger partial charge in [-0.05, 0) is 37.1 Å². The Balaban J connectivity index is 1.92. The highest BCUT2D eigenvalue weighted by molar-refractivity contribution is 9.10. The van der Waals surface area contributed by atoms with Crippen LogP contribution in [-0.4, -0.2) is 11.5 Å². The molecule has 18 heavy (non-hydrogen) atoms. The minimum atomic E-state index is 0.728. The second-order valence-corrected chi connectivity index (χ2v) is 4.99. The zero-order valence-electron chi connectivity index (χ0n) is 10.3. The molecule has 0 aliphatic carbocycles. The van der Waals surface area contributed by atoms with E-state index in [1.165, 1.54) is 5.56 Å². The van der Waals surface area contributed by atoms with Gasteiger partial charge in [0.05, 0.1) is 11.4 Å². The van der Waals surface area contributed by atoms with Gasteiger partial charge in [-0.15, -0.1) is 0 Å². The molecule has 94 valence electrons. The van der Waals surface area contributed by atoms with Gasteiger partial charge in [0.25, 0.3) is 0 Å². The first-order valence-corrected chi connectivity index (χ1v) is 6.66. The Morgan fingerprint density at radius 2 is 2.00 bits per heavy atom. The van der Waals surface area contributed by atoms with Crippen LogP contribution in [0.4, 0.5) is 11.5 Å². The lowest BCUT2D eigenvalue weighted by Gasteiger charge is -2.08. The molecule has 3 nitrogen and oxygen atoms in total. The molecule has 0 radical (unpaired) electrons. The first-order valence-electron chi connectivity index (χ1n) is 5.87. The van der Waals surface area contributed by atoms with Gasteiger partial charge < -0.3 is 11.1 Å². The summed E-state index contributed by atoms with van der Waals surface area (Å²) in [5.74, 6) is 0.869. The van der Waals surface area contributed by atoms with Crippen molar-refractivity contribution >= 4 is 27.4 Å². The van der Waals surface area contributed by atoms with Crippen LogP contribution in [0.2, 0.25) is 0 Å². The molecule has 0 fully saturated rings. The molecular formula is C14H16BrN3. The number of benzene rings is 1. The van der Waals surface area contributed by atoms with Gasteiger partial charge in [0, 0.05) is 11.0 Å². The number of pyridine rings is 1. The number of nitrogens with zero attached hydrogens (tertiary/aromatic N) is 1. The number of hydrogen-bond donors (Lipinski definition) is 2. The highest BCUT2D eigenvalue weighted by Crippen LogP contribution is 2.17. The van der Waals surface area contributed by atoms with Gasteiger partial charge in [0.1, 0.15) is 5.82 Å². The SMILES string of the molecule is Cc1nc(NCCc2ccccc2Br)ccc1N. The predicted molar refractivity (Wildman–Crippen MR) is 79.7 cm³/mol. The Bertz CT molecular complexity index is 540. The quantitative estimate of drug-likeness (QED) is 0.910. The van der Waals surface area contributed by atoms with Crippen LogP contribution in [0, 0.1) is 6.92 Å². The van der Waals surface area contributed by atoms with Crippen molar-refractivity contribution in [2.24, 2.45) is 0 Å². The number of aryl methyl sites for hydroxylation is 1. The normalized spacial score (nSPS) is 10.3. The summed E-state index contributed by atoms with van der Waals surface area (Å²) in [6.45, 7) is 2.76. The summed E-state index contributed by atoms with van der Waals surface area (Å²) in [4.78, 5) is 4.38. The van der Waals surface area contributed by atoms with E-state index in [2.05, 4.69) is 38.4 Å². The van der Waals surface area contributed by atoms with Crippen LogP contribution >= 0.6 is 15.9 Å². The Hall–Kier alpha value is -1.55. The van der Waals surface area contributed by atoms with Gasteiger partial charge in [-0.3, -0.25) is 0 Å². The van der Waals surface area contributed by atoms with Crippen molar-refractivity contribution in [3.05, 3.63) is 52.1 Å². The molecule has 0 saturated heterocycles. The molecule has 3 N–H and O–H groups in total. The molecule has 0 aliphatic rings. The average Bonchev–Trinajstić information content (AvgIpc) is 2.36. The lowest BCUT2D eigenvalue weighted by Crippen LogP contribution is -2.07. The van der Waals surface area contributed by atoms with E-state index >= 15 is 0 Å². The fourth-order valence-electron chi connectivity index (χ4n) is 1.70. The Labute approximate surface area is 116 Å². The van der Waals surface area contributed by atoms with Crippen LogP contribution in [0.1, 0.15) is 11.3 Å². The van der Waals surface area contributed by atoms with E-state index in [9.17, 15) is 0 Å². The number of nitrogens with two attached hydrogens (primary N) is 1. The molecule has 2 rings (SSSR count). The van der Waals surface area contributed by atoms with E-state index in [0.717, 1.165) is 34.6 Å². The maximum absolute atomic E-state index is 5.73. The third kappa shape index (κ3) is 3.23. The maximum atomic E-state index is 5.73. The Morgan fingerprint density at radius 3 is 2.72 bits per heavy atom. The fourth-order valence-corrected chi connectivity index (χ4v) is 2.18. The second-order valence-electron chi connectivity index (χ2n) is 4.14. The lowest BCUT2D eigenvalue weighted by molar-refractivity contribution is 0.996. The van der Waals surface area contributed by atoms with E-state index in [1.54, 1.807) is 0 Å². The van der Waals surface area contributed by atoms with Crippen LogP contribution < -0.4 is 11.1 Å². The number of rotatable bonds is 4. The van der Waals surface area contributed by atoms with Crippen molar-refractivity contribution in [2.75, 3.05) is 17.6 Å². The number of nitrogen functional groups attached to an aromatic ring is 1. The smallest absolute Gasteiger partial charge is 0.126 e. The van der Waals surface area contributed by atoms with Crippen molar-refractivity contribution in [1.29, 1.82) is 0 Å². The average molecular weight is 306 g/mol. The molecule has 1 aromatic heterocycles. The summed E-state index contributed by atoms with van der Waals surface area (Å²) in [7, 11) is 0. The minimum absolute atomic E-state index is 0.728. The van der Waals surface area contributed by atoms with E-state index < -0.39 is 0 Å². The van der Waals surface area contributed by atoms with Gasteiger partial charge in [0.2, 0.25) is 0 Å². The number of hydrogen-bond acceptors (Lipinski definition) is 3. The summed E-state index contributed by atoms with van der Waals surface area (Å²) >= 11 is 3.54. The number of anilines is 2. The molecule has 0 aliphatic heterocycles. The molecule has 0 bridgehead atoms. The molecule has 0 saturated carbocycles. The zero-order chi connectivity index (χ0) is 13.0. The van der Waals surface area contributed by atoms with Gasteiger partial charge in [0.15, 0.2) is 0 Å². The third-order valence-corrected chi connectivity index (χ3v) is 3.56. The number of aromatic nitrogens is 1. The van der Waals surface area contributed by atoms with Gasteiger partial charge >= 0.3 is 0 Å². The summed E-state index contributed by atoms with van der Waals surface area (Å²) < 4.78 is 1.15. The summed E-state index contributed by atoms with van der Waals surface area (Å²) in [6, 6.07) is 12.0. The van der Waals surface area contributed by atoms with Crippen molar-refractivity contribution in [2.45, 2.75) is 13.3 Å². The molecule has 0 unspecified atom stereocenters. The highest BCUT2D eigenvalue weighted by Gasteiger charge is 2.00. The molecule has 4 heteroatoms. The largest absolute Gasteiger partial charge is 0.397 e. The van der Waals surface area contributed by atoms with Gasteiger partial charge in [-0.2, -0.15) is 0 Å².